The number of imide groups is 1. The Kier molecular flexibility index (Phi) is 6.22. The number of non-ortho nitro benzene ring substituents is 1. The molecule has 0 aromatic heterocycles. The summed E-state index contributed by atoms with van der Waals surface area (Å²) in [7, 11) is 1.45. The number of nitro benzene ring substituents is 1. The van der Waals surface area contributed by atoms with Crippen molar-refractivity contribution in [3.8, 4) is 5.75 Å². The fourth-order valence-electron chi connectivity index (χ4n) is 4.15. The number of hydrazine groups is 1. The number of benzene rings is 2. The van der Waals surface area contributed by atoms with E-state index in [4.69, 9.17) is 4.74 Å². The highest BCUT2D eigenvalue weighted by atomic mass is 16.6. The maximum absolute atomic E-state index is 13.4. The van der Waals surface area contributed by atoms with Gasteiger partial charge in [-0.05, 0) is 37.1 Å². The monoisotopic (exact) mass is 463 g/mol. The molecule has 10 nitrogen and oxygen atoms in total. The molecule has 0 spiro atoms. The molecule has 1 saturated heterocycles. The molecule has 0 radical (unpaired) electrons. The third-order valence-electron chi connectivity index (χ3n) is 5.97. The molecule has 2 aromatic carbocycles. The maximum Gasteiger partial charge on any atom is 0.273 e. The quantitative estimate of drug-likeness (QED) is 0.203. The molecule has 0 unspecified atom stereocenters. The molecule has 0 bridgehead atoms. The van der Waals surface area contributed by atoms with Gasteiger partial charge in [0.15, 0.2) is 5.78 Å². The van der Waals surface area contributed by atoms with Gasteiger partial charge in [0.25, 0.3) is 23.4 Å². The number of hydrogen-bond donors (Lipinski definition) is 0. The summed E-state index contributed by atoms with van der Waals surface area (Å²) in [5, 5.41) is 12.6. The molecule has 4 rings (SSSR count). The minimum Gasteiger partial charge on any atom is -0.497 e. The van der Waals surface area contributed by atoms with Gasteiger partial charge in [0, 0.05) is 23.3 Å². The van der Waals surface area contributed by atoms with Crippen LogP contribution < -0.4 is 4.74 Å². The van der Waals surface area contributed by atoms with Crippen molar-refractivity contribution in [2.75, 3.05) is 13.7 Å². The van der Waals surface area contributed by atoms with Gasteiger partial charge in [0.05, 0.1) is 23.9 Å². The van der Waals surface area contributed by atoms with Crippen molar-refractivity contribution >= 4 is 29.2 Å². The van der Waals surface area contributed by atoms with Gasteiger partial charge in [-0.1, -0.05) is 24.3 Å². The summed E-state index contributed by atoms with van der Waals surface area (Å²) in [6, 6.07) is 11.0. The number of rotatable bonds is 7. The van der Waals surface area contributed by atoms with Crippen LogP contribution in [0.5, 0.6) is 5.75 Å². The lowest BCUT2D eigenvalue weighted by Crippen LogP contribution is -2.52. The second-order valence-corrected chi connectivity index (χ2v) is 7.97. The first-order valence-corrected chi connectivity index (χ1v) is 10.6. The number of fused-ring (bicyclic) bond motifs is 1. The first kappa shape index (κ1) is 22.8. The van der Waals surface area contributed by atoms with Gasteiger partial charge in [0.2, 0.25) is 0 Å². The van der Waals surface area contributed by atoms with Crippen molar-refractivity contribution in [1.82, 2.24) is 10.0 Å². The van der Waals surface area contributed by atoms with Crippen LogP contribution in [0.1, 0.15) is 33.6 Å². The lowest BCUT2D eigenvalue weighted by molar-refractivity contribution is -0.384. The zero-order valence-corrected chi connectivity index (χ0v) is 18.2. The van der Waals surface area contributed by atoms with Crippen molar-refractivity contribution in [1.29, 1.82) is 0 Å². The minimum atomic E-state index is -0.792. The topological polar surface area (TPSA) is 127 Å². The number of ketones is 1. The summed E-state index contributed by atoms with van der Waals surface area (Å²) in [5.74, 6) is -3.17. The molecule has 34 heavy (non-hydrogen) atoms. The van der Waals surface area contributed by atoms with Crippen LogP contribution in [-0.4, -0.2) is 52.1 Å². The Bertz CT molecular complexity index is 1180. The van der Waals surface area contributed by atoms with Crippen LogP contribution in [0.2, 0.25) is 0 Å². The number of ether oxygens (including phenoxy) is 1. The van der Waals surface area contributed by atoms with Gasteiger partial charge in [-0.3, -0.25) is 29.3 Å². The summed E-state index contributed by atoms with van der Waals surface area (Å²) in [5.41, 5.74) is 0.0117. The molecule has 2 atom stereocenters. The molecule has 0 saturated carbocycles. The molecule has 174 valence electrons. The van der Waals surface area contributed by atoms with E-state index in [9.17, 15) is 29.3 Å². The highest BCUT2D eigenvalue weighted by molar-refractivity contribution is 6.09. The van der Waals surface area contributed by atoms with Crippen molar-refractivity contribution in [3.63, 3.8) is 0 Å². The maximum atomic E-state index is 13.4. The SMILES string of the molecule is COc1cccc(C(=O)CN(C(=O)c2ccc([N+](=O)[O-])cc2)N2C(=O)[C@H]3CC=CC[C@@H]3C2=O)c1. The van der Waals surface area contributed by atoms with Gasteiger partial charge < -0.3 is 4.74 Å². The zero-order chi connectivity index (χ0) is 24.4. The molecular weight excluding hydrogens is 442 g/mol. The van der Waals surface area contributed by atoms with Crippen molar-refractivity contribution < 1.29 is 28.8 Å². The second kappa shape index (κ2) is 9.26. The molecule has 1 fully saturated rings. The normalized spacial score (nSPS) is 19.0. The van der Waals surface area contributed by atoms with Crippen LogP contribution in [0.15, 0.2) is 60.7 Å². The van der Waals surface area contributed by atoms with E-state index < -0.39 is 46.8 Å². The lowest BCUT2D eigenvalue weighted by atomic mass is 9.85. The number of Topliss-reactive ketones (excluding diaryl/α,β-unsaturated/α-hetero) is 1. The van der Waals surface area contributed by atoms with E-state index in [2.05, 4.69) is 0 Å². The summed E-state index contributed by atoms with van der Waals surface area (Å²) in [6.45, 7) is -0.576. The third kappa shape index (κ3) is 4.17. The summed E-state index contributed by atoms with van der Waals surface area (Å²) >= 11 is 0. The molecule has 1 heterocycles. The molecule has 3 amide bonds. The summed E-state index contributed by atoms with van der Waals surface area (Å²) in [4.78, 5) is 63.1. The lowest BCUT2D eigenvalue weighted by Gasteiger charge is -2.30. The fourth-order valence-corrected chi connectivity index (χ4v) is 4.15. The van der Waals surface area contributed by atoms with Crippen LogP contribution in [0.3, 0.4) is 0 Å². The number of hydrogen-bond acceptors (Lipinski definition) is 7. The number of amides is 3. The van der Waals surface area contributed by atoms with Gasteiger partial charge in [-0.2, -0.15) is 5.01 Å². The largest absolute Gasteiger partial charge is 0.497 e. The Balaban J connectivity index is 1.69. The number of nitrogens with zero attached hydrogens (tertiary/aromatic N) is 3. The highest BCUT2D eigenvalue weighted by Crippen LogP contribution is 2.36. The van der Waals surface area contributed by atoms with E-state index in [0.29, 0.717) is 18.6 Å². The first-order chi connectivity index (χ1) is 16.3. The Labute approximate surface area is 194 Å². The molecule has 2 aliphatic rings. The van der Waals surface area contributed by atoms with E-state index in [0.717, 1.165) is 22.2 Å². The molecular formula is C24H21N3O7. The van der Waals surface area contributed by atoms with Crippen LogP contribution in [0.4, 0.5) is 5.69 Å². The Hall–Kier alpha value is -4.34. The summed E-state index contributed by atoms with van der Waals surface area (Å²) in [6.07, 6.45) is 4.38. The predicted octanol–water partition coefficient (Wildman–Crippen LogP) is 2.79. The zero-order valence-electron chi connectivity index (χ0n) is 18.2. The van der Waals surface area contributed by atoms with Crippen LogP contribution in [-0.2, 0) is 9.59 Å². The number of carbonyl (C=O) groups excluding carboxylic acids is 4. The minimum absolute atomic E-state index is 0.00219. The molecule has 1 aliphatic heterocycles. The average Bonchev–Trinajstić information content (AvgIpc) is 3.12. The number of nitro groups is 1. The molecule has 1 aliphatic carbocycles. The number of methoxy groups -OCH3 is 1. The smallest absolute Gasteiger partial charge is 0.273 e. The molecule has 10 heteroatoms. The first-order valence-electron chi connectivity index (χ1n) is 10.6. The standard InChI is InChI=1S/C24H21N3O7/c1-34-18-6-4-5-16(13-18)21(28)14-25(22(29)15-9-11-17(12-10-15)27(32)33)26-23(30)19-7-2-3-8-20(19)24(26)31/h2-6,9-13,19-20H,7-8,14H2,1H3/t19-,20-/m0/s1. The third-order valence-corrected chi connectivity index (χ3v) is 5.97. The number of allylic oxidation sites excluding steroid dienone is 2. The van der Waals surface area contributed by atoms with Crippen LogP contribution in [0.25, 0.3) is 0 Å². The van der Waals surface area contributed by atoms with Crippen LogP contribution in [0, 0.1) is 22.0 Å². The fraction of sp³-hybridized carbons (Fsp3) is 0.250. The van der Waals surface area contributed by atoms with E-state index in [1.807, 2.05) is 12.2 Å². The van der Waals surface area contributed by atoms with Crippen LogP contribution >= 0.6 is 0 Å². The van der Waals surface area contributed by atoms with Crippen molar-refractivity contribution in [2.24, 2.45) is 11.8 Å². The van der Waals surface area contributed by atoms with E-state index >= 15 is 0 Å². The van der Waals surface area contributed by atoms with Gasteiger partial charge in [-0.25, -0.2) is 5.01 Å². The van der Waals surface area contributed by atoms with Crippen molar-refractivity contribution in [3.05, 3.63) is 81.9 Å². The van der Waals surface area contributed by atoms with Gasteiger partial charge >= 0.3 is 0 Å². The molecule has 0 N–H and O–H groups in total. The number of carbonyl (C=O) groups is 4. The average molecular weight is 463 g/mol. The Morgan fingerprint density at radius 3 is 2.21 bits per heavy atom. The van der Waals surface area contributed by atoms with Gasteiger partial charge in [-0.15, -0.1) is 0 Å². The summed E-state index contributed by atoms with van der Waals surface area (Å²) < 4.78 is 5.14. The van der Waals surface area contributed by atoms with E-state index in [1.165, 1.54) is 31.4 Å². The molecule has 2 aromatic rings. The van der Waals surface area contributed by atoms with E-state index in [-0.39, 0.29) is 16.8 Å². The van der Waals surface area contributed by atoms with E-state index in [1.54, 1.807) is 12.1 Å². The second-order valence-electron chi connectivity index (χ2n) is 7.97. The Morgan fingerprint density at radius 1 is 1.03 bits per heavy atom. The Morgan fingerprint density at radius 2 is 1.65 bits per heavy atom. The highest BCUT2D eigenvalue weighted by Gasteiger charge is 2.51. The predicted molar refractivity (Wildman–Crippen MR) is 119 cm³/mol. The van der Waals surface area contributed by atoms with Crippen molar-refractivity contribution in [2.45, 2.75) is 12.8 Å². The van der Waals surface area contributed by atoms with Gasteiger partial charge in [0.1, 0.15) is 12.3 Å².